The first-order valence-electron chi connectivity index (χ1n) is 4.03. The van der Waals surface area contributed by atoms with Crippen LogP contribution in [0.15, 0.2) is 23.2 Å². The number of hydrogen-bond acceptors (Lipinski definition) is 2. The summed E-state index contributed by atoms with van der Waals surface area (Å²) >= 11 is 1.82. The number of thioether (sulfide) groups is 1. The summed E-state index contributed by atoms with van der Waals surface area (Å²) in [6.45, 7) is 4.41. The first-order valence-corrected chi connectivity index (χ1v) is 5.01. The molecule has 0 bridgehead atoms. The zero-order chi connectivity index (χ0) is 8.97. The van der Waals surface area contributed by atoms with Crippen molar-refractivity contribution >= 4 is 25.2 Å². The average molecular weight is 177 g/mol. The monoisotopic (exact) mass is 177 g/mol. The molecule has 0 saturated heterocycles. The molecular weight excluding hydrogens is 165 g/mol. The van der Waals surface area contributed by atoms with E-state index in [-0.39, 0.29) is 0 Å². The molecule has 0 aliphatic carbocycles. The second-order valence-electron chi connectivity index (χ2n) is 3.12. The van der Waals surface area contributed by atoms with Gasteiger partial charge < -0.3 is 0 Å². The van der Waals surface area contributed by atoms with Gasteiger partial charge >= 0.3 is 0 Å². The Labute approximate surface area is 79.4 Å². The maximum atomic E-state index is 5.46. The van der Waals surface area contributed by atoms with Crippen LogP contribution in [0.2, 0.25) is 0 Å². The molecule has 0 saturated carbocycles. The van der Waals surface area contributed by atoms with E-state index in [2.05, 4.69) is 18.8 Å². The molecule has 0 spiro atoms. The van der Waals surface area contributed by atoms with Crippen LogP contribution in [-0.4, -0.2) is 18.6 Å². The van der Waals surface area contributed by atoms with Gasteiger partial charge in [-0.2, -0.15) is 0 Å². The van der Waals surface area contributed by atoms with Crippen molar-refractivity contribution < 1.29 is 0 Å². The molecule has 2 radical (unpaired) electrons. The minimum Gasteiger partial charge on any atom is -0.272 e. The molecule has 0 aromatic carbocycles. The number of rotatable bonds is 3. The third kappa shape index (κ3) is 3.31. The highest BCUT2D eigenvalue weighted by atomic mass is 32.2. The number of nitrogens with zero attached hydrogens (tertiary/aromatic N) is 1. The van der Waals surface area contributed by atoms with Crippen LogP contribution in [0.4, 0.5) is 0 Å². The fourth-order valence-corrected chi connectivity index (χ4v) is 1.56. The smallest absolute Gasteiger partial charge is 0.141 e. The van der Waals surface area contributed by atoms with E-state index in [9.17, 15) is 0 Å². The lowest BCUT2D eigenvalue weighted by atomic mass is 10.1. The van der Waals surface area contributed by atoms with E-state index >= 15 is 0 Å². The summed E-state index contributed by atoms with van der Waals surface area (Å²) < 4.78 is 0. The summed E-state index contributed by atoms with van der Waals surface area (Å²) in [7, 11) is 5.46. The second-order valence-corrected chi connectivity index (χ2v) is 4.22. The van der Waals surface area contributed by atoms with E-state index in [1.807, 2.05) is 30.1 Å². The van der Waals surface area contributed by atoms with Crippen LogP contribution in [-0.2, 0) is 0 Å². The van der Waals surface area contributed by atoms with Gasteiger partial charge in [0.25, 0.3) is 0 Å². The Bertz CT molecular complexity index is 233. The third-order valence-electron chi connectivity index (χ3n) is 1.34. The third-order valence-corrected chi connectivity index (χ3v) is 2.75. The van der Waals surface area contributed by atoms with Gasteiger partial charge in [0.2, 0.25) is 0 Å². The van der Waals surface area contributed by atoms with E-state index in [4.69, 9.17) is 7.85 Å². The highest BCUT2D eigenvalue weighted by molar-refractivity contribution is 7.99. The van der Waals surface area contributed by atoms with Gasteiger partial charge in [-0.15, -0.1) is 11.8 Å². The summed E-state index contributed by atoms with van der Waals surface area (Å²) in [4.78, 5) is 5.21. The zero-order valence-corrected chi connectivity index (χ0v) is 8.27. The van der Waals surface area contributed by atoms with E-state index in [0.29, 0.717) is 11.5 Å². The Balaban J connectivity index is 2.48. The molecule has 1 rings (SSSR count). The molecule has 0 aliphatic rings. The topological polar surface area (TPSA) is 12.9 Å². The molecule has 0 fully saturated rings. The molecule has 0 unspecified atom stereocenters. The van der Waals surface area contributed by atoms with Crippen LogP contribution in [0.25, 0.3) is 0 Å². The molecule has 62 valence electrons. The van der Waals surface area contributed by atoms with Crippen LogP contribution in [0.5, 0.6) is 0 Å². The summed E-state index contributed by atoms with van der Waals surface area (Å²) in [6.07, 6.45) is 1.82. The highest BCUT2D eigenvalue weighted by Crippen LogP contribution is 2.18. The Morgan fingerprint density at radius 3 is 2.75 bits per heavy atom. The van der Waals surface area contributed by atoms with Gasteiger partial charge in [0.15, 0.2) is 0 Å². The summed E-state index contributed by atoms with van der Waals surface area (Å²) in [5.74, 6) is 1.85. The van der Waals surface area contributed by atoms with Crippen molar-refractivity contribution in [3.8, 4) is 0 Å². The van der Waals surface area contributed by atoms with Crippen LogP contribution in [0.3, 0.4) is 0 Å². The molecular formula is C9H12BNS. The predicted octanol–water partition coefficient (Wildman–Crippen LogP) is 1.62. The lowest BCUT2D eigenvalue weighted by Crippen LogP contribution is -2.05. The van der Waals surface area contributed by atoms with Crippen LogP contribution < -0.4 is 5.59 Å². The maximum Gasteiger partial charge on any atom is 0.141 e. The van der Waals surface area contributed by atoms with Gasteiger partial charge in [0, 0.05) is 16.8 Å². The van der Waals surface area contributed by atoms with Gasteiger partial charge in [-0.05, 0) is 17.6 Å². The van der Waals surface area contributed by atoms with E-state index in [0.717, 1.165) is 5.75 Å². The van der Waals surface area contributed by atoms with Crippen molar-refractivity contribution in [3.63, 3.8) is 0 Å². The predicted molar refractivity (Wildman–Crippen MR) is 55.2 cm³/mol. The van der Waals surface area contributed by atoms with E-state index < -0.39 is 0 Å². The summed E-state index contributed by atoms with van der Waals surface area (Å²) in [6, 6.07) is 3.85. The fourth-order valence-electron chi connectivity index (χ4n) is 0.740. The van der Waals surface area contributed by atoms with Crippen LogP contribution in [0.1, 0.15) is 13.8 Å². The SMILES string of the molecule is [B]c1ccc(SCC(C)C)cn1. The van der Waals surface area contributed by atoms with Gasteiger partial charge in [-0.25, -0.2) is 0 Å². The van der Waals surface area contributed by atoms with Crippen LogP contribution >= 0.6 is 11.8 Å². The Morgan fingerprint density at radius 1 is 1.50 bits per heavy atom. The van der Waals surface area contributed by atoms with Gasteiger partial charge in [0.05, 0.1) is 0 Å². The Kier molecular flexibility index (Phi) is 3.66. The normalized spacial score (nSPS) is 10.6. The molecule has 12 heavy (non-hydrogen) atoms. The van der Waals surface area contributed by atoms with Gasteiger partial charge in [-0.3, -0.25) is 4.98 Å². The molecule has 1 heterocycles. The van der Waals surface area contributed by atoms with Gasteiger partial charge in [0.1, 0.15) is 7.85 Å². The molecule has 0 amide bonds. The van der Waals surface area contributed by atoms with Crippen LogP contribution in [0, 0.1) is 5.92 Å². The Hall–Kier alpha value is -0.435. The average Bonchev–Trinajstić information content (AvgIpc) is 2.03. The fraction of sp³-hybridized carbons (Fsp3) is 0.444. The molecule has 3 heteroatoms. The standard InChI is InChI=1S/C9H12BNS/c1-7(2)6-12-8-3-4-9(10)11-5-8/h3-5,7H,6H2,1-2H3. The first-order chi connectivity index (χ1) is 5.68. The van der Waals surface area contributed by atoms with E-state index in [1.165, 1.54) is 4.90 Å². The maximum absolute atomic E-state index is 5.46. The molecule has 1 aromatic rings. The Morgan fingerprint density at radius 2 is 2.25 bits per heavy atom. The molecule has 1 nitrogen and oxygen atoms in total. The minimum absolute atomic E-state index is 0.587. The van der Waals surface area contributed by atoms with Gasteiger partial charge in [-0.1, -0.05) is 19.9 Å². The largest absolute Gasteiger partial charge is 0.272 e. The van der Waals surface area contributed by atoms with Crippen molar-refractivity contribution in [1.29, 1.82) is 0 Å². The minimum atomic E-state index is 0.587. The molecule has 1 aromatic heterocycles. The van der Waals surface area contributed by atoms with Crippen molar-refractivity contribution in [2.24, 2.45) is 5.92 Å². The molecule has 0 atom stereocenters. The van der Waals surface area contributed by atoms with Crippen molar-refractivity contribution in [2.45, 2.75) is 18.7 Å². The summed E-state index contributed by atoms with van der Waals surface area (Å²) in [5, 5.41) is 0. The first kappa shape index (κ1) is 9.65. The van der Waals surface area contributed by atoms with E-state index in [1.54, 1.807) is 0 Å². The quantitative estimate of drug-likeness (QED) is 0.514. The highest BCUT2D eigenvalue weighted by Gasteiger charge is 1.96. The lowest BCUT2D eigenvalue weighted by molar-refractivity contribution is 0.750. The number of pyridine rings is 1. The second kappa shape index (κ2) is 4.56. The van der Waals surface area contributed by atoms with Crippen molar-refractivity contribution in [1.82, 2.24) is 4.98 Å². The molecule has 0 aliphatic heterocycles. The summed E-state index contributed by atoms with van der Waals surface area (Å²) in [5.41, 5.74) is 0.587. The zero-order valence-electron chi connectivity index (χ0n) is 7.45. The van der Waals surface area contributed by atoms with Crippen molar-refractivity contribution in [2.75, 3.05) is 5.75 Å². The number of hydrogen-bond donors (Lipinski definition) is 0. The number of aromatic nitrogens is 1. The lowest BCUT2D eigenvalue weighted by Gasteiger charge is -2.03. The van der Waals surface area contributed by atoms with Crippen molar-refractivity contribution in [3.05, 3.63) is 18.3 Å². The molecule has 0 N–H and O–H groups in total.